The number of halogens is 1. The summed E-state index contributed by atoms with van der Waals surface area (Å²) in [6.45, 7) is 1.32. The lowest BCUT2D eigenvalue weighted by Gasteiger charge is -2.10. The Morgan fingerprint density at radius 2 is 2.03 bits per heavy atom. The molecule has 0 fully saturated rings. The first-order valence-electron chi connectivity index (χ1n) is 10.3. The Morgan fingerprint density at radius 1 is 1.29 bits per heavy atom. The number of carbonyl (C=O) groups excluding carboxylic acids is 2. The van der Waals surface area contributed by atoms with Gasteiger partial charge in [0, 0.05) is 30.7 Å². The molecule has 0 saturated heterocycles. The molecule has 0 saturated carbocycles. The summed E-state index contributed by atoms with van der Waals surface area (Å²) in [5, 5.41) is 17.3. The average molecular weight is 485 g/mol. The molecule has 0 aliphatic heterocycles. The van der Waals surface area contributed by atoms with Crippen LogP contribution in [0.25, 0.3) is 11.5 Å². The van der Waals surface area contributed by atoms with Crippen molar-refractivity contribution < 1.29 is 14.0 Å². The maximum atomic E-state index is 12.7. The number of thiazole rings is 1. The fraction of sp³-hybridized carbons (Fsp3) is 0.304. The number of hydrogen-bond acceptors (Lipinski definition) is 7. The minimum atomic E-state index is -0.760. The first kappa shape index (κ1) is 26.3. The van der Waals surface area contributed by atoms with Gasteiger partial charge in [-0.05, 0) is 39.2 Å². The van der Waals surface area contributed by atoms with Gasteiger partial charge in [0.25, 0.3) is 11.5 Å². The molecular formula is C23H25FN6O3S. The van der Waals surface area contributed by atoms with Gasteiger partial charge in [0.1, 0.15) is 21.9 Å². The molecule has 9 nitrogen and oxygen atoms in total. The molecule has 0 radical (unpaired) electrons. The molecule has 11 heteroatoms. The summed E-state index contributed by atoms with van der Waals surface area (Å²) in [6.07, 6.45) is 1.46. The molecule has 1 heterocycles. The van der Waals surface area contributed by atoms with Crippen molar-refractivity contribution >= 4 is 46.0 Å². The molecule has 0 atom stereocenters. The van der Waals surface area contributed by atoms with Gasteiger partial charge >= 0.3 is 0 Å². The number of carbonyl (C=O) groups is 2. The Hall–Kier alpha value is -3.93. The van der Waals surface area contributed by atoms with Crippen molar-refractivity contribution in [3.8, 4) is 6.07 Å². The third-order valence-electron chi connectivity index (χ3n) is 4.20. The van der Waals surface area contributed by atoms with Gasteiger partial charge in [-0.2, -0.15) is 5.26 Å². The number of hydrogen-bond donors (Lipinski definition) is 3. The van der Waals surface area contributed by atoms with Crippen molar-refractivity contribution in [3.63, 3.8) is 0 Å². The minimum absolute atomic E-state index is 0.144. The summed E-state index contributed by atoms with van der Waals surface area (Å²) in [5.41, 5.74) is 6.11. The van der Waals surface area contributed by atoms with E-state index in [0.717, 1.165) is 11.3 Å². The van der Waals surface area contributed by atoms with E-state index in [1.54, 1.807) is 56.3 Å². The summed E-state index contributed by atoms with van der Waals surface area (Å²) in [6, 6.07) is 8.78. The summed E-state index contributed by atoms with van der Waals surface area (Å²) in [4.78, 5) is 38.3. The molecule has 1 aromatic carbocycles. The Labute approximate surface area is 199 Å². The fourth-order valence-electron chi connectivity index (χ4n) is 2.73. The average Bonchev–Trinajstić information content (AvgIpc) is 3.09. The maximum absolute atomic E-state index is 12.7. The standard InChI is InChI=1S/C23H25FN6O3S/c1-4-30-21(12-16(14-25)22(32)27-11-9-24)34-19(23(30)33)8-10-26-17-6-5-7-18(13-17)28-20(31)15-29(2)3/h5-7,10,13,26H,4,9,11,15H2,1-3H3,(H,27,32)(H,28,31). The number of rotatable bonds is 9. The van der Waals surface area contributed by atoms with Crippen molar-refractivity contribution in [1.82, 2.24) is 14.8 Å². The molecule has 2 aromatic rings. The van der Waals surface area contributed by atoms with Crippen LogP contribution in [0.3, 0.4) is 0 Å². The van der Waals surface area contributed by atoms with Gasteiger partial charge in [0.2, 0.25) is 5.91 Å². The zero-order chi connectivity index (χ0) is 25.1. The van der Waals surface area contributed by atoms with Crippen molar-refractivity contribution in [2.45, 2.75) is 13.5 Å². The molecule has 0 aliphatic carbocycles. The van der Waals surface area contributed by atoms with Crippen molar-refractivity contribution in [3.05, 3.63) is 55.6 Å². The third kappa shape index (κ3) is 7.59. The number of amides is 2. The second-order valence-corrected chi connectivity index (χ2v) is 8.14. The quantitative estimate of drug-likeness (QED) is 0.349. The van der Waals surface area contributed by atoms with E-state index in [-0.39, 0.29) is 39.3 Å². The van der Waals surface area contributed by atoms with Gasteiger partial charge in [-0.15, -0.1) is 0 Å². The summed E-state index contributed by atoms with van der Waals surface area (Å²) < 4.78 is 14.2. The monoisotopic (exact) mass is 484 g/mol. The third-order valence-corrected chi connectivity index (χ3v) is 5.21. The normalized spacial score (nSPS) is 10.0. The number of anilines is 2. The predicted molar refractivity (Wildman–Crippen MR) is 130 cm³/mol. The highest BCUT2D eigenvalue weighted by Gasteiger charge is 2.09. The van der Waals surface area contributed by atoms with Crippen LogP contribution < -0.4 is 30.7 Å². The molecule has 2 amide bonds. The van der Waals surface area contributed by atoms with E-state index in [0.29, 0.717) is 17.9 Å². The fourth-order valence-corrected chi connectivity index (χ4v) is 3.72. The zero-order valence-electron chi connectivity index (χ0n) is 19.1. The Bertz CT molecular complexity index is 1340. The highest BCUT2D eigenvalue weighted by molar-refractivity contribution is 7.07. The molecular weight excluding hydrogens is 459 g/mol. The van der Waals surface area contributed by atoms with Gasteiger partial charge in [0.05, 0.1) is 6.54 Å². The molecule has 0 unspecified atom stereocenters. The maximum Gasteiger partial charge on any atom is 0.277 e. The topological polar surface area (TPSA) is 119 Å². The van der Waals surface area contributed by atoms with Gasteiger partial charge in [0.15, 0.2) is 5.57 Å². The molecule has 34 heavy (non-hydrogen) atoms. The number of nitrogens with zero attached hydrogens (tertiary/aromatic N) is 3. The highest BCUT2D eigenvalue weighted by Crippen LogP contribution is 2.14. The van der Waals surface area contributed by atoms with Crippen molar-refractivity contribution in [1.29, 1.82) is 5.26 Å². The first-order valence-corrected chi connectivity index (χ1v) is 11.1. The summed E-state index contributed by atoms with van der Waals surface area (Å²) in [7, 11) is 3.60. The van der Waals surface area contributed by atoms with Gasteiger partial charge in [-0.3, -0.25) is 19.0 Å². The zero-order valence-corrected chi connectivity index (χ0v) is 19.9. The van der Waals surface area contributed by atoms with Crippen molar-refractivity contribution in [2.24, 2.45) is 0 Å². The van der Waals surface area contributed by atoms with Crippen LogP contribution in [0.15, 0.2) is 40.8 Å². The number of alkyl halides is 1. The predicted octanol–water partition coefficient (Wildman–Crippen LogP) is 0.350. The lowest BCUT2D eigenvalue weighted by Crippen LogP contribution is -2.30. The van der Waals surface area contributed by atoms with Crippen molar-refractivity contribution in [2.75, 3.05) is 44.5 Å². The number of aromatic nitrogens is 1. The molecule has 178 valence electrons. The Balaban J connectivity index is 2.37. The van der Waals surface area contributed by atoms with Crippen LogP contribution in [0.5, 0.6) is 0 Å². The van der Waals surface area contributed by atoms with Crippen LogP contribution in [0.4, 0.5) is 15.8 Å². The van der Waals surface area contributed by atoms with E-state index < -0.39 is 12.6 Å². The second kappa shape index (κ2) is 12.9. The molecule has 3 N–H and O–H groups in total. The summed E-state index contributed by atoms with van der Waals surface area (Å²) >= 11 is 1.02. The van der Waals surface area contributed by atoms with Gasteiger partial charge in [-0.25, -0.2) is 4.39 Å². The molecule has 0 spiro atoms. The van der Waals surface area contributed by atoms with Gasteiger partial charge in [-0.1, -0.05) is 28.9 Å². The molecule has 1 aromatic heterocycles. The van der Waals surface area contributed by atoms with Crippen LogP contribution >= 0.6 is 11.3 Å². The largest absolute Gasteiger partial charge is 0.355 e. The van der Waals surface area contributed by atoms with E-state index in [1.807, 2.05) is 0 Å². The molecule has 2 rings (SSSR count). The van der Waals surface area contributed by atoms with Crippen LogP contribution in [-0.4, -0.2) is 55.1 Å². The lowest BCUT2D eigenvalue weighted by molar-refractivity contribution is -0.117. The van der Waals surface area contributed by atoms with E-state index >= 15 is 0 Å². The van der Waals surface area contributed by atoms with E-state index in [1.165, 1.54) is 10.8 Å². The molecule has 0 aliphatic rings. The number of nitriles is 1. The summed E-state index contributed by atoms with van der Waals surface area (Å²) in [5.74, 6) is -0.904. The smallest absolute Gasteiger partial charge is 0.277 e. The Morgan fingerprint density at radius 3 is 2.68 bits per heavy atom. The van der Waals surface area contributed by atoms with Crippen LogP contribution in [-0.2, 0) is 16.1 Å². The second-order valence-electron chi connectivity index (χ2n) is 7.14. The number of benzene rings is 1. The Kier molecular flexibility index (Phi) is 10.0. The van der Waals surface area contributed by atoms with Gasteiger partial charge < -0.3 is 20.9 Å². The number of nitrogens with one attached hydrogen (secondary N) is 3. The van der Waals surface area contributed by atoms with E-state index in [4.69, 9.17) is 0 Å². The van der Waals surface area contributed by atoms with Crippen LogP contribution in [0, 0.1) is 11.3 Å². The van der Waals surface area contributed by atoms with E-state index in [2.05, 4.69) is 27.4 Å². The SMILES string of the molecule is CCn1c(=C=C(C#N)C(=O)NCCF)sc(=C=CNc2cccc(NC(=O)CN(C)C)c2)c1=O. The van der Waals surface area contributed by atoms with Crippen LogP contribution in [0.2, 0.25) is 0 Å². The minimum Gasteiger partial charge on any atom is -0.355 e. The van der Waals surface area contributed by atoms with E-state index in [9.17, 15) is 24.0 Å². The lowest BCUT2D eigenvalue weighted by atomic mass is 10.2. The van der Waals surface area contributed by atoms with Crippen LogP contribution in [0.1, 0.15) is 6.92 Å². The molecule has 0 bridgehead atoms. The highest BCUT2D eigenvalue weighted by atomic mass is 32.1. The number of likely N-dealkylation sites (N-methyl/N-ethyl adjacent to an activating group) is 1. The first-order chi connectivity index (χ1) is 16.3.